The van der Waals surface area contributed by atoms with Gasteiger partial charge in [0.15, 0.2) is 0 Å². The molecule has 0 aromatic rings. The lowest BCUT2D eigenvalue weighted by Crippen LogP contribution is -2.43. The summed E-state index contributed by atoms with van der Waals surface area (Å²) in [5.74, 6) is 2.35. The summed E-state index contributed by atoms with van der Waals surface area (Å²) in [4.78, 5) is 11.8. The number of hydrogen-bond acceptors (Lipinski definition) is 4. The van der Waals surface area contributed by atoms with E-state index in [1.165, 1.54) is 0 Å². The summed E-state index contributed by atoms with van der Waals surface area (Å²) in [5.41, 5.74) is 0.0976. The molecule has 1 amide bonds. The molecule has 4 nitrogen and oxygen atoms in total. The third-order valence-electron chi connectivity index (χ3n) is 3.18. The Labute approximate surface area is 127 Å². The van der Waals surface area contributed by atoms with Crippen LogP contribution in [0.25, 0.3) is 0 Å². The normalized spacial score (nSPS) is 19.6. The van der Waals surface area contributed by atoms with Gasteiger partial charge in [0.1, 0.15) is 0 Å². The molecule has 0 bridgehead atoms. The van der Waals surface area contributed by atoms with Crippen LogP contribution < -0.4 is 10.6 Å². The Morgan fingerprint density at radius 2 is 2.26 bits per heavy atom. The molecular weight excluding hydrogens is 284 g/mol. The van der Waals surface area contributed by atoms with Crippen LogP contribution in [0.2, 0.25) is 0 Å². The number of halogens is 1. The van der Waals surface area contributed by atoms with E-state index >= 15 is 0 Å². The fourth-order valence-corrected chi connectivity index (χ4v) is 2.80. The molecule has 1 saturated heterocycles. The van der Waals surface area contributed by atoms with Crippen molar-refractivity contribution in [3.63, 3.8) is 0 Å². The summed E-state index contributed by atoms with van der Waals surface area (Å²) in [5, 5.41) is 6.42. The van der Waals surface area contributed by atoms with E-state index in [0.29, 0.717) is 12.5 Å². The summed E-state index contributed by atoms with van der Waals surface area (Å²) >= 11 is 1.92. The van der Waals surface area contributed by atoms with Crippen molar-refractivity contribution in [2.45, 2.75) is 32.7 Å². The van der Waals surface area contributed by atoms with Crippen LogP contribution in [0.3, 0.4) is 0 Å². The first-order valence-corrected chi connectivity index (χ1v) is 7.76. The minimum Gasteiger partial charge on any atom is -0.385 e. The fourth-order valence-electron chi connectivity index (χ4n) is 1.85. The first-order chi connectivity index (χ1) is 8.53. The van der Waals surface area contributed by atoms with Gasteiger partial charge in [-0.15, -0.1) is 12.4 Å². The Hall–Kier alpha value is 0.0300. The van der Waals surface area contributed by atoms with Crippen molar-refractivity contribution < 1.29 is 9.53 Å². The highest BCUT2D eigenvalue weighted by atomic mass is 35.5. The van der Waals surface area contributed by atoms with Crippen LogP contribution in [0.5, 0.6) is 0 Å². The third-order valence-corrected chi connectivity index (χ3v) is 4.31. The van der Waals surface area contributed by atoms with Gasteiger partial charge in [-0.2, -0.15) is 11.8 Å². The van der Waals surface area contributed by atoms with Gasteiger partial charge >= 0.3 is 0 Å². The molecule has 1 aliphatic heterocycles. The molecular formula is C13H27ClN2O2S. The second kappa shape index (κ2) is 9.86. The lowest BCUT2D eigenvalue weighted by atomic mass is 9.89. The zero-order chi connectivity index (χ0) is 13.4. The molecule has 1 unspecified atom stereocenters. The molecule has 0 aromatic carbocycles. The Kier molecular flexibility index (Phi) is 9.87. The van der Waals surface area contributed by atoms with Crippen LogP contribution in [0, 0.1) is 5.41 Å². The van der Waals surface area contributed by atoms with E-state index in [0.717, 1.165) is 37.6 Å². The van der Waals surface area contributed by atoms with E-state index in [2.05, 4.69) is 24.5 Å². The van der Waals surface area contributed by atoms with Gasteiger partial charge in [0, 0.05) is 50.8 Å². The topological polar surface area (TPSA) is 50.4 Å². The van der Waals surface area contributed by atoms with E-state index in [9.17, 15) is 4.79 Å². The van der Waals surface area contributed by atoms with Gasteiger partial charge in [-0.25, -0.2) is 0 Å². The summed E-state index contributed by atoms with van der Waals surface area (Å²) in [6.07, 6.45) is 1.55. The van der Waals surface area contributed by atoms with Crippen LogP contribution in [0.1, 0.15) is 26.7 Å². The van der Waals surface area contributed by atoms with Crippen molar-refractivity contribution >= 4 is 30.1 Å². The molecule has 114 valence electrons. The fraction of sp³-hybridized carbons (Fsp3) is 0.923. The molecule has 2 N–H and O–H groups in total. The molecule has 19 heavy (non-hydrogen) atoms. The van der Waals surface area contributed by atoms with Gasteiger partial charge in [-0.3, -0.25) is 4.79 Å². The van der Waals surface area contributed by atoms with Crippen molar-refractivity contribution in [1.29, 1.82) is 0 Å². The highest BCUT2D eigenvalue weighted by Crippen LogP contribution is 2.18. The predicted octanol–water partition coefficient (Wildman–Crippen LogP) is 1.68. The number of hydrogen-bond donors (Lipinski definition) is 2. The maximum Gasteiger partial charge on any atom is 0.221 e. The van der Waals surface area contributed by atoms with E-state index in [-0.39, 0.29) is 23.7 Å². The summed E-state index contributed by atoms with van der Waals surface area (Å²) < 4.78 is 5.08. The molecule has 1 rings (SSSR count). The first-order valence-electron chi connectivity index (χ1n) is 6.60. The quantitative estimate of drug-likeness (QED) is 0.751. The SMILES string of the molecule is COCCC(C)(C)CNC(=O)CC1CSCCN1.Cl. The van der Waals surface area contributed by atoms with Crippen LogP contribution in [-0.2, 0) is 9.53 Å². The standard InChI is InChI=1S/C13H26N2O2S.ClH/c1-13(2,4-6-17-3)10-15-12(16)8-11-9-18-7-5-14-11;/h11,14H,4-10H2,1-3H3,(H,15,16);1H. The number of rotatable bonds is 7. The summed E-state index contributed by atoms with van der Waals surface area (Å²) in [6.45, 7) is 6.78. The van der Waals surface area contributed by atoms with Gasteiger partial charge in [-0.05, 0) is 11.8 Å². The number of carbonyl (C=O) groups is 1. The van der Waals surface area contributed by atoms with Gasteiger partial charge in [0.25, 0.3) is 0 Å². The highest BCUT2D eigenvalue weighted by Gasteiger charge is 2.20. The van der Waals surface area contributed by atoms with Gasteiger partial charge < -0.3 is 15.4 Å². The number of amides is 1. The highest BCUT2D eigenvalue weighted by molar-refractivity contribution is 7.99. The molecule has 1 aliphatic rings. The van der Waals surface area contributed by atoms with E-state index in [1.54, 1.807) is 7.11 Å². The Morgan fingerprint density at radius 1 is 1.53 bits per heavy atom. The third kappa shape index (κ3) is 8.74. The number of thioether (sulfide) groups is 1. The smallest absolute Gasteiger partial charge is 0.221 e. The number of carbonyl (C=O) groups excluding carboxylic acids is 1. The maximum absolute atomic E-state index is 11.8. The van der Waals surface area contributed by atoms with Crippen LogP contribution in [0.4, 0.5) is 0 Å². The van der Waals surface area contributed by atoms with E-state index < -0.39 is 0 Å². The molecule has 1 heterocycles. The molecule has 0 aromatic heterocycles. The number of nitrogens with one attached hydrogen (secondary N) is 2. The van der Waals surface area contributed by atoms with E-state index in [1.807, 2.05) is 11.8 Å². The Balaban J connectivity index is 0.00000324. The average molecular weight is 311 g/mol. The monoisotopic (exact) mass is 310 g/mol. The zero-order valence-corrected chi connectivity index (χ0v) is 13.8. The minimum atomic E-state index is 0. The van der Waals surface area contributed by atoms with Gasteiger partial charge in [-0.1, -0.05) is 13.8 Å². The summed E-state index contributed by atoms with van der Waals surface area (Å²) in [7, 11) is 1.71. The lowest BCUT2D eigenvalue weighted by molar-refractivity contribution is -0.122. The van der Waals surface area contributed by atoms with Crippen molar-refractivity contribution in [1.82, 2.24) is 10.6 Å². The zero-order valence-electron chi connectivity index (χ0n) is 12.2. The van der Waals surface area contributed by atoms with Crippen molar-refractivity contribution in [2.75, 3.05) is 38.3 Å². The molecule has 0 spiro atoms. The molecule has 6 heteroatoms. The second-order valence-corrected chi connectivity index (χ2v) is 6.76. The van der Waals surface area contributed by atoms with Crippen molar-refractivity contribution in [3.8, 4) is 0 Å². The van der Waals surface area contributed by atoms with Crippen LogP contribution in [0.15, 0.2) is 0 Å². The molecule has 1 atom stereocenters. The Bertz CT molecular complexity index is 259. The second-order valence-electron chi connectivity index (χ2n) is 5.61. The van der Waals surface area contributed by atoms with Crippen LogP contribution >= 0.6 is 24.2 Å². The lowest BCUT2D eigenvalue weighted by Gasteiger charge is -2.26. The largest absolute Gasteiger partial charge is 0.385 e. The molecule has 0 saturated carbocycles. The van der Waals surface area contributed by atoms with Crippen molar-refractivity contribution in [2.24, 2.45) is 5.41 Å². The van der Waals surface area contributed by atoms with Crippen molar-refractivity contribution in [3.05, 3.63) is 0 Å². The van der Waals surface area contributed by atoms with Crippen LogP contribution in [-0.4, -0.2) is 50.3 Å². The van der Waals surface area contributed by atoms with E-state index in [4.69, 9.17) is 4.74 Å². The number of methoxy groups -OCH3 is 1. The number of ether oxygens (including phenoxy) is 1. The molecule has 0 aliphatic carbocycles. The maximum atomic E-state index is 11.8. The molecule has 1 fully saturated rings. The predicted molar refractivity (Wildman–Crippen MR) is 84.3 cm³/mol. The minimum absolute atomic E-state index is 0. The van der Waals surface area contributed by atoms with Gasteiger partial charge in [0.2, 0.25) is 5.91 Å². The van der Waals surface area contributed by atoms with Gasteiger partial charge in [0.05, 0.1) is 0 Å². The average Bonchev–Trinajstić information content (AvgIpc) is 2.36. The first kappa shape index (κ1) is 19.0. The summed E-state index contributed by atoms with van der Waals surface area (Å²) in [6, 6.07) is 0.339. The molecule has 0 radical (unpaired) electrons. The Morgan fingerprint density at radius 3 is 2.84 bits per heavy atom.